The molecule has 1 saturated carbocycles. The van der Waals surface area contributed by atoms with Gasteiger partial charge in [0.05, 0.1) is 5.41 Å². The van der Waals surface area contributed by atoms with Gasteiger partial charge in [0.15, 0.2) is 0 Å². The largest absolute Gasteiger partial charge is 0.348 e. The Hall–Kier alpha value is -0.570. The lowest BCUT2D eigenvalue weighted by Gasteiger charge is -2.18. The second-order valence-electron chi connectivity index (χ2n) is 3.51. The summed E-state index contributed by atoms with van der Waals surface area (Å²) in [5.74, 6) is 0.270. The lowest BCUT2D eigenvalue weighted by molar-refractivity contribution is -0.134. The fourth-order valence-electron chi connectivity index (χ4n) is 1.43. The van der Waals surface area contributed by atoms with E-state index in [9.17, 15) is 4.79 Å². The first-order valence-corrected chi connectivity index (χ1v) is 3.99. The molecule has 11 heavy (non-hydrogen) atoms. The van der Waals surface area contributed by atoms with Crippen LogP contribution in [0.3, 0.4) is 0 Å². The summed E-state index contributed by atoms with van der Waals surface area (Å²) in [6, 6.07) is 0. The van der Waals surface area contributed by atoms with Crippen molar-refractivity contribution in [3.63, 3.8) is 0 Å². The van der Waals surface area contributed by atoms with Crippen LogP contribution >= 0.6 is 0 Å². The second kappa shape index (κ2) is 2.81. The molecule has 0 radical (unpaired) electrons. The van der Waals surface area contributed by atoms with Crippen molar-refractivity contribution >= 4 is 5.91 Å². The minimum Gasteiger partial charge on any atom is -0.348 e. The number of carbonyl (C=O) groups is 1. The summed E-state index contributed by atoms with van der Waals surface area (Å²) in [4.78, 5) is 13.2. The van der Waals surface area contributed by atoms with Crippen molar-refractivity contribution in [1.82, 2.24) is 10.2 Å². The van der Waals surface area contributed by atoms with Crippen molar-refractivity contribution in [3.05, 3.63) is 0 Å². The normalized spacial score (nSPS) is 19.5. The van der Waals surface area contributed by atoms with Gasteiger partial charge in [-0.05, 0) is 19.9 Å². The topological polar surface area (TPSA) is 32.3 Å². The van der Waals surface area contributed by atoms with Crippen LogP contribution in [-0.4, -0.2) is 38.5 Å². The molecule has 1 amide bonds. The molecule has 0 saturated heterocycles. The summed E-state index contributed by atoms with van der Waals surface area (Å²) < 4.78 is 0. The van der Waals surface area contributed by atoms with E-state index in [-0.39, 0.29) is 11.3 Å². The van der Waals surface area contributed by atoms with E-state index in [2.05, 4.69) is 5.32 Å². The van der Waals surface area contributed by atoms with Crippen LogP contribution in [0.25, 0.3) is 0 Å². The van der Waals surface area contributed by atoms with E-state index in [1.54, 1.807) is 4.90 Å². The molecule has 64 valence electrons. The summed E-state index contributed by atoms with van der Waals surface area (Å²) in [5.41, 5.74) is -0.0434. The van der Waals surface area contributed by atoms with Crippen molar-refractivity contribution in [2.75, 3.05) is 27.7 Å². The summed E-state index contributed by atoms with van der Waals surface area (Å²) in [6.07, 6.45) is 2.09. The molecule has 1 aliphatic carbocycles. The SMILES string of the molecule is CNCC1(C(=O)N(C)C)CC1. The van der Waals surface area contributed by atoms with Crippen molar-refractivity contribution in [2.45, 2.75) is 12.8 Å². The third-order valence-electron chi connectivity index (χ3n) is 2.23. The zero-order valence-electron chi connectivity index (χ0n) is 7.48. The quantitative estimate of drug-likeness (QED) is 0.627. The Bertz CT molecular complexity index is 161. The highest BCUT2D eigenvalue weighted by atomic mass is 16.2. The molecule has 0 bridgehead atoms. The van der Waals surface area contributed by atoms with E-state index in [1.165, 1.54) is 0 Å². The van der Waals surface area contributed by atoms with Gasteiger partial charge in [0, 0.05) is 20.6 Å². The molecule has 0 unspecified atom stereocenters. The minimum atomic E-state index is -0.0434. The first-order valence-electron chi connectivity index (χ1n) is 3.99. The Morgan fingerprint density at radius 2 is 2.09 bits per heavy atom. The number of hydrogen-bond donors (Lipinski definition) is 1. The smallest absolute Gasteiger partial charge is 0.229 e. The number of nitrogens with zero attached hydrogens (tertiary/aromatic N) is 1. The molecule has 1 fully saturated rings. The molecular formula is C8H16N2O. The van der Waals surface area contributed by atoms with Crippen LogP contribution in [0.4, 0.5) is 0 Å². The lowest BCUT2D eigenvalue weighted by Crippen LogP contribution is -2.36. The second-order valence-corrected chi connectivity index (χ2v) is 3.51. The Labute approximate surface area is 67.8 Å². The van der Waals surface area contributed by atoms with Gasteiger partial charge >= 0.3 is 0 Å². The highest BCUT2D eigenvalue weighted by molar-refractivity contribution is 5.85. The molecule has 0 atom stereocenters. The van der Waals surface area contributed by atoms with Crippen LogP contribution in [0, 0.1) is 5.41 Å². The predicted molar refractivity (Wildman–Crippen MR) is 44.3 cm³/mol. The Balaban J connectivity index is 2.51. The predicted octanol–water partition coefficient (Wildman–Crippen LogP) is 0.0742. The highest BCUT2D eigenvalue weighted by Crippen LogP contribution is 2.46. The van der Waals surface area contributed by atoms with E-state index in [4.69, 9.17) is 0 Å². The van der Waals surface area contributed by atoms with Crippen LogP contribution in [0.5, 0.6) is 0 Å². The summed E-state index contributed by atoms with van der Waals surface area (Å²) in [7, 11) is 5.53. The first-order chi connectivity index (χ1) is 5.12. The fraction of sp³-hybridized carbons (Fsp3) is 0.875. The number of nitrogens with one attached hydrogen (secondary N) is 1. The van der Waals surface area contributed by atoms with Gasteiger partial charge in [0.25, 0.3) is 0 Å². The van der Waals surface area contributed by atoms with Crippen LogP contribution in [0.1, 0.15) is 12.8 Å². The van der Waals surface area contributed by atoms with Crippen LogP contribution in [-0.2, 0) is 4.79 Å². The molecule has 0 heterocycles. The summed E-state index contributed by atoms with van der Waals surface area (Å²) in [5, 5.41) is 3.06. The van der Waals surface area contributed by atoms with Gasteiger partial charge < -0.3 is 10.2 Å². The van der Waals surface area contributed by atoms with Gasteiger partial charge in [-0.15, -0.1) is 0 Å². The van der Waals surface area contributed by atoms with Crippen LogP contribution < -0.4 is 5.32 Å². The molecule has 1 rings (SSSR count). The van der Waals surface area contributed by atoms with Crippen LogP contribution in [0.2, 0.25) is 0 Å². The van der Waals surface area contributed by atoms with Crippen LogP contribution in [0.15, 0.2) is 0 Å². The maximum Gasteiger partial charge on any atom is 0.229 e. The Morgan fingerprint density at radius 1 is 1.55 bits per heavy atom. The van der Waals surface area contributed by atoms with Gasteiger partial charge in [-0.3, -0.25) is 4.79 Å². The van der Waals surface area contributed by atoms with E-state index >= 15 is 0 Å². The maximum absolute atomic E-state index is 11.5. The molecule has 0 spiro atoms. The molecule has 1 N–H and O–H groups in total. The molecule has 3 heteroatoms. The van der Waals surface area contributed by atoms with Crippen molar-refractivity contribution in [1.29, 1.82) is 0 Å². The lowest BCUT2D eigenvalue weighted by atomic mass is 10.1. The zero-order valence-corrected chi connectivity index (χ0v) is 7.48. The maximum atomic E-state index is 11.5. The van der Waals surface area contributed by atoms with E-state index in [1.807, 2.05) is 21.1 Å². The fourth-order valence-corrected chi connectivity index (χ4v) is 1.43. The van der Waals surface area contributed by atoms with Gasteiger partial charge in [-0.1, -0.05) is 0 Å². The van der Waals surface area contributed by atoms with Crippen molar-refractivity contribution < 1.29 is 4.79 Å². The minimum absolute atomic E-state index is 0.0434. The van der Waals surface area contributed by atoms with Crippen molar-refractivity contribution in [3.8, 4) is 0 Å². The molecule has 0 aromatic heterocycles. The molecule has 3 nitrogen and oxygen atoms in total. The first kappa shape index (κ1) is 8.53. The Kier molecular flexibility index (Phi) is 2.18. The number of rotatable bonds is 3. The molecule has 0 aliphatic heterocycles. The van der Waals surface area contributed by atoms with Crippen molar-refractivity contribution in [2.24, 2.45) is 5.41 Å². The monoisotopic (exact) mass is 156 g/mol. The number of carbonyl (C=O) groups excluding carboxylic acids is 1. The average Bonchev–Trinajstić information content (AvgIpc) is 2.69. The van der Waals surface area contributed by atoms with Gasteiger partial charge in [-0.25, -0.2) is 0 Å². The molecule has 1 aliphatic rings. The van der Waals surface area contributed by atoms with E-state index in [0.29, 0.717) is 0 Å². The standard InChI is InChI=1S/C8H16N2O/c1-9-6-8(4-5-8)7(11)10(2)3/h9H,4-6H2,1-3H3. The number of hydrogen-bond acceptors (Lipinski definition) is 2. The van der Waals surface area contributed by atoms with Gasteiger partial charge in [0.1, 0.15) is 0 Å². The van der Waals surface area contributed by atoms with E-state index in [0.717, 1.165) is 19.4 Å². The average molecular weight is 156 g/mol. The Morgan fingerprint density at radius 3 is 2.36 bits per heavy atom. The molecule has 0 aromatic carbocycles. The highest BCUT2D eigenvalue weighted by Gasteiger charge is 2.49. The third kappa shape index (κ3) is 1.53. The zero-order chi connectivity index (χ0) is 8.48. The van der Waals surface area contributed by atoms with Gasteiger partial charge in [0.2, 0.25) is 5.91 Å². The summed E-state index contributed by atoms with van der Waals surface area (Å²) >= 11 is 0. The molecule has 0 aromatic rings. The summed E-state index contributed by atoms with van der Waals surface area (Å²) in [6.45, 7) is 0.823. The van der Waals surface area contributed by atoms with E-state index < -0.39 is 0 Å². The number of amides is 1. The van der Waals surface area contributed by atoms with Gasteiger partial charge in [-0.2, -0.15) is 0 Å². The third-order valence-corrected chi connectivity index (χ3v) is 2.23. The molecular weight excluding hydrogens is 140 g/mol.